The highest BCUT2D eigenvalue weighted by molar-refractivity contribution is 8.00. The molecule has 2 rings (SSSR count). The van der Waals surface area contributed by atoms with Gasteiger partial charge in [-0.3, -0.25) is 4.79 Å². The van der Waals surface area contributed by atoms with Crippen molar-refractivity contribution >= 4 is 23.4 Å². The average molecular weight is 306 g/mol. The molecule has 0 radical (unpaired) electrons. The summed E-state index contributed by atoms with van der Waals surface area (Å²) in [7, 11) is 0. The van der Waals surface area contributed by atoms with Gasteiger partial charge in [0.1, 0.15) is 5.75 Å². The molecule has 21 heavy (non-hydrogen) atoms. The number of nitrogens with one attached hydrogen (secondary N) is 1. The van der Waals surface area contributed by atoms with Gasteiger partial charge < -0.3 is 4.74 Å². The molecular formula is C16H22N2O2S. The van der Waals surface area contributed by atoms with Gasteiger partial charge in [0.05, 0.1) is 0 Å². The number of benzene rings is 1. The topological polar surface area (TPSA) is 50.7 Å². The Kier molecular flexibility index (Phi) is 5.28. The fraction of sp³-hybridized carbons (Fsp3) is 0.500. The van der Waals surface area contributed by atoms with E-state index in [-0.39, 0.29) is 17.9 Å². The first-order valence-corrected chi connectivity index (χ1v) is 8.26. The monoisotopic (exact) mass is 306 g/mol. The lowest BCUT2D eigenvalue weighted by Crippen LogP contribution is -2.25. The van der Waals surface area contributed by atoms with E-state index < -0.39 is 0 Å². The zero-order chi connectivity index (χ0) is 15.3. The van der Waals surface area contributed by atoms with Crippen molar-refractivity contribution in [1.82, 2.24) is 5.43 Å². The summed E-state index contributed by atoms with van der Waals surface area (Å²) in [5, 5.41) is 4.10. The van der Waals surface area contributed by atoms with Gasteiger partial charge in [-0.15, -0.1) is 0 Å². The number of hydrazone groups is 1. The summed E-state index contributed by atoms with van der Waals surface area (Å²) in [6, 6.07) is 7.85. The van der Waals surface area contributed by atoms with Crippen molar-refractivity contribution in [3.63, 3.8) is 0 Å². The van der Waals surface area contributed by atoms with E-state index in [1.54, 1.807) is 0 Å². The van der Waals surface area contributed by atoms with Crippen LogP contribution in [0.3, 0.4) is 0 Å². The first-order valence-electron chi connectivity index (χ1n) is 7.10. The van der Waals surface area contributed by atoms with E-state index in [0.29, 0.717) is 5.75 Å². The summed E-state index contributed by atoms with van der Waals surface area (Å²) >= 11 is 1.83. The molecule has 1 aliphatic heterocycles. The van der Waals surface area contributed by atoms with Crippen LogP contribution >= 0.6 is 11.8 Å². The highest BCUT2D eigenvalue weighted by atomic mass is 32.2. The lowest BCUT2D eigenvalue weighted by atomic mass is 9.87. The van der Waals surface area contributed by atoms with Gasteiger partial charge in [-0.1, -0.05) is 32.9 Å². The normalized spacial score (nSPS) is 17.0. The standard InChI is InChI=1S/C16H22N2O2S/c1-16(2,3)12-4-6-14(7-5-12)20-10-15(19)18-17-13-8-9-21-11-13/h4-7H,8-11H2,1-3H3,(H,18,19)/b17-13+. The van der Waals surface area contributed by atoms with Crippen molar-refractivity contribution in [1.29, 1.82) is 0 Å². The summed E-state index contributed by atoms with van der Waals surface area (Å²) in [6.45, 7) is 6.48. The van der Waals surface area contributed by atoms with Crippen LogP contribution < -0.4 is 10.2 Å². The molecule has 5 heteroatoms. The highest BCUT2D eigenvalue weighted by Gasteiger charge is 2.13. The smallest absolute Gasteiger partial charge is 0.277 e. The van der Waals surface area contributed by atoms with Gasteiger partial charge in [-0.05, 0) is 35.3 Å². The Morgan fingerprint density at radius 1 is 1.33 bits per heavy atom. The quantitative estimate of drug-likeness (QED) is 0.870. The fourth-order valence-electron chi connectivity index (χ4n) is 1.91. The van der Waals surface area contributed by atoms with Crippen LogP contribution in [-0.4, -0.2) is 29.7 Å². The molecule has 1 saturated heterocycles. The molecule has 0 spiro atoms. The molecule has 1 heterocycles. The summed E-state index contributed by atoms with van der Waals surface area (Å²) in [6.07, 6.45) is 0.958. The van der Waals surface area contributed by atoms with Crippen LogP contribution in [0.25, 0.3) is 0 Å². The van der Waals surface area contributed by atoms with Crippen LogP contribution in [0.4, 0.5) is 0 Å². The molecule has 0 aromatic heterocycles. The van der Waals surface area contributed by atoms with E-state index in [1.165, 1.54) is 5.56 Å². The third kappa shape index (κ3) is 5.08. The third-order valence-corrected chi connectivity index (χ3v) is 4.26. The van der Waals surface area contributed by atoms with Crippen LogP contribution in [0.15, 0.2) is 29.4 Å². The van der Waals surface area contributed by atoms with Crippen molar-refractivity contribution in [3.8, 4) is 5.75 Å². The molecule has 1 aromatic carbocycles. The second kappa shape index (κ2) is 6.98. The summed E-state index contributed by atoms with van der Waals surface area (Å²) in [5.74, 6) is 2.47. The maximum absolute atomic E-state index is 11.6. The van der Waals surface area contributed by atoms with Gasteiger partial charge in [0.2, 0.25) is 0 Å². The van der Waals surface area contributed by atoms with Crippen LogP contribution in [0.5, 0.6) is 5.75 Å². The minimum absolute atomic E-state index is 0.0151. The van der Waals surface area contributed by atoms with Crippen molar-refractivity contribution in [3.05, 3.63) is 29.8 Å². The molecule has 1 aliphatic rings. The number of amides is 1. The van der Waals surface area contributed by atoms with E-state index in [4.69, 9.17) is 4.74 Å². The maximum Gasteiger partial charge on any atom is 0.277 e. The molecule has 4 nitrogen and oxygen atoms in total. The first-order chi connectivity index (χ1) is 9.95. The predicted octanol–water partition coefficient (Wildman–Crippen LogP) is 2.97. The van der Waals surface area contributed by atoms with Gasteiger partial charge in [0.25, 0.3) is 5.91 Å². The Labute approximate surface area is 130 Å². The molecule has 0 unspecified atom stereocenters. The van der Waals surface area contributed by atoms with E-state index in [2.05, 4.69) is 31.3 Å². The lowest BCUT2D eigenvalue weighted by molar-refractivity contribution is -0.123. The molecule has 1 fully saturated rings. The largest absolute Gasteiger partial charge is 0.484 e. The minimum Gasteiger partial charge on any atom is -0.484 e. The van der Waals surface area contributed by atoms with E-state index in [0.717, 1.165) is 23.6 Å². The molecule has 0 aliphatic carbocycles. The minimum atomic E-state index is -0.223. The Morgan fingerprint density at radius 2 is 2.05 bits per heavy atom. The molecule has 0 atom stereocenters. The van der Waals surface area contributed by atoms with Gasteiger partial charge in [-0.2, -0.15) is 16.9 Å². The molecule has 0 bridgehead atoms. The molecular weight excluding hydrogens is 284 g/mol. The van der Waals surface area contributed by atoms with Crippen molar-refractivity contribution in [2.45, 2.75) is 32.6 Å². The number of hydrogen-bond acceptors (Lipinski definition) is 4. The SMILES string of the molecule is CC(C)(C)c1ccc(OCC(=O)N/N=C2\CCSC2)cc1. The van der Waals surface area contributed by atoms with E-state index >= 15 is 0 Å². The van der Waals surface area contributed by atoms with Crippen molar-refractivity contribution < 1.29 is 9.53 Å². The Morgan fingerprint density at radius 3 is 2.62 bits per heavy atom. The third-order valence-electron chi connectivity index (χ3n) is 3.23. The van der Waals surface area contributed by atoms with Crippen molar-refractivity contribution in [2.75, 3.05) is 18.1 Å². The number of carbonyl (C=O) groups excluding carboxylic acids is 1. The van der Waals surface area contributed by atoms with E-state index in [9.17, 15) is 4.79 Å². The zero-order valence-electron chi connectivity index (χ0n) is 12.8. The molecule has 1 aromatic rings. The van der Waals surface area contributed by atoms with Crippen LogP contribution in [0.2, 0.25) is 0 Å². The number of carbonyl (C=O) groups is 1. The number of thioether (sulfide) groups is 1. The summed E-state index contributed by atoms with van der Waals surface area (Å²) in [5.41, 5.74) is 4.94. The first kappa shape index (κ1) is 15.9. The van der Waals surface area contributed by atoms with Crippen molar-refractivity contribution in [2.24, 2.45) is 5.10 Å². The summed E-state index contributed by atoms with van der Waals surface area (Å²) < 4.78 is 5.46. The number of nitrogens with zero attached hydrogens (tertiary/aromatic N) is 1. The van der Waals surface area contributed by atoms with Gasteiger partial charge in [-0.25, -0.2) is 5.43 Å². The lowest BCUT2D eigenvalue weighted by Gasteiger charge is -2.19. The Bertz CT molecular complexity index is 510. The molecule has 114 valence electrons. The molecule has 1 N–H and O–H groups in total. The number of ether oxygens (including phenoxy) is 1. The second-order valence-corrected chi connectivity index (χ2v) is 7.18. The second-order valence-electron chi connectivity index (χ2n) is 6.08. The number of hydrogen-bond donors (Lipinski definition) is 1. The van der Waals surface area contributed by atoms with Crippen LogP contribution in [0, 0.1) is 0 Å². The Hall–Kier alpha value is -1.49. The summed E-state index contributed by atoms with van der Waals surface area (Å²) in [4.78, 5) is 11.6. The van der Waals surface area contributed by atoms with Gasteiger partial charge >= 0.3 is 0 Å². The predicted molar refractivity (Wildman–Crippen MR) is 88.2 cm³/mol. The fourth-order valence-corrected chi connectivity index (χ4v) is 2.88. The van der Waals surface area contributed by atoms with E-state index in [1.807, 2.05) is 36.0 Å². The zero-order valence-corrected chi connectivity index (χ0v) is 13.6. The van der Waals surface area contributed by atoms with Crippen LogP contribution in [0.1, 0.15) is 32.8 Å². The Balaban J connectivity index is 1.79. The average Bonchev–Trinajstić information content (AvgIpc) is 2.95. The van der Waals surface area contributed by atoms with Gasteiger partial charge in [0, 0.05) is 11.5 Å². The maximum atomic E-state index is 11.6. The number of rotatable bonds is 4. The highest BCUT2D eigenvalue weighted by Crippen LogP contribution is 2.24. The molecule has 0 saturated carbocycles. The molecule has 1 amide bonds. The van der Waals surface area contributed by atoms with Gasteiger partial charge in [0.15, 0.2) is 6.61 Å². The van der Waals surface area contributed by atoms with Crippen LogP contribution in [-0.2, 0) is 10.2 Å².